The Labute approximate surface area is 97.6 Å². The van der Waals surface area contributed by atoms with Gasteiger partial charge in [0.15, 0.2) is 0 Å². The van der Waals surface area contributed by atoms with Crippen molar-refractivity contribution in [2.75, 3.05) is 6.61 Å². The topological polar surface area (TPSA) is 32.3 Å². The molecule has 84 valence electrons. The van der Waals surface area contributed by atoms with Gasteiger partial charge in [-0.05, 0) is 37.1 Å². The molecule has 1 rings (SSSR count). The highest BCUT2D eigenvalue weighted by atomic mass is 79.9. The summed E-state index contributed by atoms with van der Waals surface area (Å²) in [4.78, 5) is 0. The Balaban J connectivity index is 2.53. The number of aliphatic hydroxyl groups excluding tert-OH is 1. The minimum atomic E-state index is -0.232. The van der Waals surface area contributed by atoms with Gasteiger partial charge in [-0.2, -0.15) is 0 Å². The van der Waals surface area contributed by atoms with E-state index in [2.05, 4.69) is 21.2 Å². The molecule has 15 heavy (non-hydrogen) atoms. The average molecular weight is 276 g/mol. The Hall–Kier alpha value is -0.450. The number of rotatable bonds is 5. The fourth-order valence-electron chi connectivity index (χ4n) is 1.26. The number of benzene rings is 1. The first-order valence-electron chi connectivity index (χ1n) is 4.91. The molecule has 0 saturated carbocycles. The van der Waals surface area contributed by atoms with Gasteiger partial charge in [-0.1, -0.05) is 15.9 Å². The predicted octanol–water partition coefficient (Wildman–Crippen LogP) is 2.45. The van der Waals surface area contributed by atoms with Crippen molar-refractivity contribution in [3.05, 3.63) is 34.1 Å². The van der Waals surface area contributed by atoms with Crippen molar-refractivity contribution < 1.29 is 9.50 Å². The summed E-state index contributed by atoms with van der Waals surface area (Å²) in [6.45, 7) is 2.75. The Morgan fingerprint density at radius 1 is 1.53 bits per heavy atom. The second kappa shape index (κ2) is 6.20. The maximum Gasteiger partial charge on any atom is 0.123 e. The van der Waals surface area contributed by atoms with Crippen molar-refractivity contribution in [3.8, 4) is 0 Å². The van der Waals surface area contributed by atoms with E-state index in [0.717, 1.165) is 10.0 Å². The van der Waals surface area contributed by atoms with E-state index in [4.69, 9.17) is 5.11 Å². The van der Waals surface area contributed by atoms with Crippen LogP contribution in [0.5, 0.6) is 0 Å². The van der Waals surface area contributed by atoms with Crippen LogP contribution in [0.3, 0.4) is 0 Å². The zero-order chi connectivity index (χ0) is 11.3. The summed E-state index contributed by atoms with van der Waals surface area (Å²) in [6, 6.07) is 4.85. The number of hydrogen-bond acceptors (Lipinski definition) is 2. The fraction of sp³-hybridized carbons (Fsp3) is 0.455. The molecule has 2 nitrogen and oxygen atoms in total. The molecule has 2 N–H and O–H groups in total. The lowest BCUT2D eigenvalue weighted by atomic mass is 10.2. The third kappa shape index (κ3) is 4.28. The van der Waals surface area contributed by atoms with Gasteiger partial charge in [-0.3, -0.25) is 0 Å². The second-order valence-corrected chi connectivity index (χ2v) is 4.38. The molecule has 1 unspecified atom stereocenters. The number of halogens is 2. The largest absolute Gasteiger partial charge is 0.396 e. The maximum absolute atomic E-state index is 12.9. The van der Waals surface area contributed by atoms with Crippen molar-refractivity contribution >= 4 is 15.9 Å². The van der Waals surface area contributed by atoms with Crippen LogP contribution in [-0.4, -0.2) is 17.8 Å². The summed E-state index contributed by atoms with van der Waals surface area (Å²) in [6.07, 6.45) is 0.701. The first-order valence-corrected chi connectivity index (χ1v) is 5.71. The molecule has 0 aliphatic heterocycles. The third-order valence-corrected chi connectivity index (χ3v) is 2.98. The molecule has 0 amide bonds. The molecule has 0 saturated heterocycles. The van der Waals surface area contributed by atoms with Gasteiger partial charge in [-0.15, -0.1) is 0 Å². The van der Waals surface area contributed by atoms with Crippen LogP contribution in [-0.2, 0) is 6.54 Å². The zero-order valence-corrected chi connectivity index (χ0v) is 10.2. The first kappa shape index (κ1) is 12.6. The third-order valence-electron chi connectivity index (χ3n) is 2.21. The van der Waals surface area contributed by atoms with E-state index in [1.807, 2.05) is 6.92 Å². The lowest BCUT2D eigenvalue weighted by Crippen LogP contribution is -2.26. The predicted molar refractivity (Wildman–Crippen MR) is 62.1 cm³/mol. The minimum Gasteiger partial charge on any atom is -0.396 e. The van der Waals surface area contributed by atoms with Gasteiger partial charge in [0.25, 0.3) is 0 Å². The number of aliphatic hydroxyl groups is 1. The summed E-state index contributed by atoms with van der Waals surface area (Å²) in [5.41, 5.74) is 0.889. The van der Waals surface area contributed by atoms with Crippen molar-refractivity contribution in [2.24, 2.45) is 0 Å². The molecule has 4 heteroatoms. The normalized spacial score (nSPS) is 12.8. The van der Waals surface area contributed by atoms with Crippen LogP contribution in [0.1, 0.15) is 18.9 Å². The smallest absolute Gasteiger partial charge is 0.123 e. The fourth-order valence-corrected chi connectivity index (χ4v) is 1.65. The Bertz CT molecular complexity index is 319. The molecule has 0 aliphatic rings. The molecule has 0 heterocycles. The van der Waals surface area contributed by atoms with Gasteiger partial charge in [0.05, 0.1) is 0 Å². The standard InChI is InChI=1S/C11H15BrFNO/c1-8(4-5-15)14-7-9-6-10(13)2-3-11(9)12/h2-3,6,8,14-15H,4-5,7H2,1H3. The van der Waals surface area contributed by atoms with E-state index in [0.29, 0.717) is 13.0 Å². The van der Waals surface area contributed by atoms with Crippen molar-refractivity contribution in [2.45, 2.75) is 25.9 Å². The van der Waals surface area contributed by atoms with Gasteiger partial charge in [0, 0.05) is 23.7 Å². The molecule has 1 aromatic carbocycles. The lowest BCUT2D eigenvalue weighted by molar-refractivity contribution is 0.268. The van der Waals surface area contributed by atoms with Crippen LogP contribution < -0.4 is 5.32 Å². The minimum absolute atomic E-state index is 0.165. The monoisotopic (exact) mass is 275 g/mol. The molecule has 1 aromatic rings. The highest BCUT2D eigenvalue weighted by molar-refractivity contribution is 9.10. The molecule has 0 aliphatic carbocycles. The van der Waals surface area contributed by atoms with Crippen LogP contribution in [0.4, 0.5) is 4.39 Å². The first-order chi connectivity index (χ1) is 7.13. The van der Waals surface area contributed by atoms with Crippen LogP contribution in [0.25, 0.3) is 0 Å². The van der Waals surface area contributed by atoms with Crippen LogP contribution in [0.2, 0.25) is 0 Å². The van der Waals surface area contributed by atoms with E-state index in [1.165, 1.54) is 12.1 Å². The van der Waals surface area contributed by atoms with E-state index < -0.39 is 0 Å². The molecule has 0 fully saturated rings. The van der Waals surface area contributed by atoms with Crippen LogP contribution in [0.15, 0.2) is 22.7 Å². The molecular formula is C11H15BrFNO. The molecule has 0 spiro atoms. The molecule has 1 atom stereocenters. The highest BCUT2D eigenvalue weighted by Gasteiger charge is 2.04. The highest BCUT2D eigenvalue weighted by Crippen LogP contribution is 2.17. The van der Waals surface area contributed by atoms with Crippen molar-refractivity contribution in [3.63, 3.8) is 0 Å². The van der Waals surface area contributed by atoms with E-state index in [-0.39, 0.29) is 18.5 Å². The SMILES string of the molecule is CC(CCO)NCc1cc(F)ccc1Br. The molecule has 0 bridgehead atoms. The van der Waals surface area contributed by atoms with E-state index >= 15 is 0 Å². The summed E-state index contributed by atoms with van der Waals surface area (Å²) >= 11 is 3.36. The second-order valence-electron chi connectivity index (χ2n) is 3.53. The zero-order valence-electron chi connectivity index (χ0n) is 8.63. The molecular weight excluding hydrogens is 261 g/mol. The van der Waals surface area contributed by atoms with Crippen molar-refractivity contribution in [1.29, 1.82) is 0 Å². The number of nitrogens with one attached hydrogen (secondary N) is 1. The van der Waals surface area contributed by atoms with E-state index in [9.17, 15) is 4.39 Å². The summed E-state index contributed by atoms with van der Waals surface area (Å²) in [5, 5.41) is 11.9. The Morgan fingerprint density at radius 2 is 2.27 bits per heavy atom. The van der Waals surface area contributed by atoms with Crippen LogP contribution in [0, 0.1) is 5.82 Å². The molecule has 0 radical (unpaired) electrons. The van der Waals surface area contributed by atoms with Crippen LogP contribution >= 0.6 is 15.9 Å². The van der Waals surface area contributed by atoms with Gasteiger partial charge in [0.2, 0.25) is 0 Å². The number of hydrogen-bond donors (Lipinski definition) is 2. The summed E-state index contributed by atoms with van der Waals surface area (Å²) < 4.78 is 13.8. The Morgan fingerprint density at radius 3 is 2.93 bits per heavy atom. The van der Waals surface area contributed by atoms with Crippen molar-refractivity contribution in [1.82, 2.24) is 5.32 Å². The molecule has 0 aromatic heterocycles. The quantitative estimate of drug-likeness (QED) is 0.865. The maximum atomic E-state index is 12.9. The lowest BCUT2D eigenvalue weighted by Gasteiger charge is -2.13. The van der Waals surface area contributed by atoms with E-state index in [1.54, 1.807) is 6.07 Å². The average Bonchev–Trinajstić information content (AvgIpc) is 2.20. The van der Waals surface area contributed by atoms with Gasteiger partial charge in [-0.25, -0.2) is 4.39 Å². The van der Waals surface area contributed by atoms with Gasteiger partial charge < -0.3 is 10.4 Å². The van der Waals surface area contributed by atoms with Gasteiger partial charge >= 0.3 is 0 Å². The Kier molecular flexibility index (Phi) is 5.22. The summed E-state index contributed by atoms with van der Waals surface area (Å²) in [7, 11) is 0. The van der Waals surface area contributed by atoms with Gasteiger partial charge in [0.1, 0.15) is 5.82 Å². The summed E-state index contributed by atoms with van der Waals surface area (Å²) in [5.74, 6) is -0.232.